The molecule has 1 aliphatic heterocycles. The van der Waals surface area contributed by atoms with Crippen LogP contribution in [0.5, 0.6) is 11.5 Å². The number of aryl methyl sites for hydroxylation is 4. The van der Waals surface area contributed by atoms with Crippen molar-refractivity contribution in [2.75, 3.05) is 65.6 Å². The highest BCUT2D eigenvalue weighted by Gasteiger charge is 2.28. The topological polar surface area (TPSA) is 596 Å². The van der Waals surface area contributed by atoms with Gasteiger partial charge in [-0.2, -0.15) is 139 Å². The van der Waals surface area contributed by atoms with Gasteiger partial charge >= 0.3 is 0 Å². The molecule has 0 unspecified atom stereocenters. The first kappa shape index (κ1) is 100. The molecule has 15 rings (SSSR count). The number of hydrogen-bond acceptors (Lipinski definition) is 38. The molecule has 2 aromatic heterocycles. The van der Waals surface area contributed by atoms with Crippen LogP contribution in [0.2, 0.25) is 0 Å². The molecule has 0 spiro atoms. The highest BCUT2D eigenvalue weighted by Crippen LogP contribution is 2.41. The third kappa shape index (κ3) is 28.1. The highest BCUT2D eigenvalue weighted by atomic mass is 32.2. The minimum absolute atomic E-state index is 0.0179. The number of anilines is 6. The molecule has 7 N–H and O–H groups in total. The molecule has 1 saturated heterocycles. The number of nitrogens with one attached hydrogen (secondary N) is 2. The number of nitrogens with zero attached hydrogens (tertiary/aromatic N) is 24. The van der Waals surface area contributed by atoms with E-state index in [1.54, 1.807) is 160 Å². The molecule has 48 heteroatoms. The number of benzene rings is 12. The van der Waals surface area contributed by atoms with E-state index >= 15 is 0 Å². The summed E-state index contributed by atoms with van der Waals surface area (Å²) in [6.45, 7) is 10.3. The number of azo groups is 8. The van der Waals surface area contributed by atoms with Gasteiger partial charge in [-0.25, -0.2) is 4.98 Å². The van der Waals surface area contributed by atoms with Crippen molar-refractivity contribution in [3.63, 3.8) is 0 Å². The number of rotatable bonds is 38. The zero-order valence-electron chi connectivity index (χ0n) is 75.9. The quantitative estimate of drug-likeness (QED) is 0.0107. The fourth-order valence-corrected chi connectivity index (χ4v) is 16.5. The molecular weight excluding hydrogens is 1930 g/mol. The van der Waals surface area contributed by atoms with E-state index in [1.165, 1.54) is 72.8 Å². The van der Waals surface area contributed by atoms with Gasteiger partial charge in [-0.1, -0.05) is 55.5 Å². The number of hydrogen-bond donors (Lipinski definition) is 7. The maximum Gasteiger partial charge on any atom is 0.296 e. The summed E-state index contributed by atoms with van der Waals surface area (Å²) in [5.74, 6) is 1.18. The molecule has 0 radical (unpaired) electrons. The zero-order chi connectivity index (χ0) is 100. The Hall–Kier alpha value is -16.2. The molecule has 43 nitrogen and oxygen atoms in total. The minimum atomic E-state index is -4.86. The van der Waals surface area contributed by atoms with Crippen LogP contribution in [0, 0.1) is 27.7 Å². The molecule has 0 amide bonds. The Bertz CT molecular complexity index is 7920. The SMILES string of the molecule is CCCOc1cc(N=Nc2ccc(N=Nc3ccccc3)cc2S(=O)(=O)O)c(C)cc1Cc1nc(Cc2ccc(N=Nc3ccc(N=Nc4ccc(S(=O)(=O)O)cc4)cc3)c(C)c2)nc(N2CCN(c3nc(Nc4ccc(N=Nc5ccc(N=Nc6ccccc6)cc5S(=O)(=O)O)c(C)c4)nc(Nc4cc(C)c(N=Nc5ccc(N=Nc6ccc(S(=O)(=O)O)cc6)cc5)cc4OCCCS(=O)(=O)O)n3)CC2)n1. The first-order valence-electron chi connectivity index (χ1n) is 43.2. The Labute approximate surface area is 814 Å². The summed E-state index contributed by atoms with van der Waals surface area (Å²) in [6.07, 6.45) is 0.790. The van der Waals surface area contributed by atoms with Crippen molar-refractivity contribution < 1.29 is 74.3 Å². The van der Waals surface area contributed by atoms with Gasteiger partial charge in [0.05, 0.1) is 114 Å². The molecule has 0 aliphatic carbocycles. The van der Waals surface area contributed by atoms with Gasteiger partial charge in [-0.05, 0) is 262 Å². The normalized spacial score (nSPS) is 13.1. The second-order valence-corrected chi connectivity index (χ2v) is 38.9. The number of ether oxygens (including phenoxy) is 2. The van der Waals surface area contributed by atoms with Gasteiger partial charge in [0.15, 0.2) is 0 Å². The maximum atomic E-state index is 12.9. The van der Waals surface area contributed by atoms with Crippen molar-refractivity contribution in [3.05, 3.63) is 300 Å². The third-order valence-corrected chi connectivity index (χ3v) is 25.2. The van der Waals surface area contributed by atoms with Gasteiger partial charge in [0.25, 0.3) is 50.6 Å². The van der Waals surface area contributed by atoms with Crippen molar-refractivity contribution in [3.8, 4) is 11.5 Å². The van der Waals surface area contributed by atoms with E-state index in [1.807, 2.05) is 54.0 Å². The van der Waals surface area contributed by atoms with Gasteiger partial charge in [0, 0.05) is 62.4 Å². The van der Waals surface area contributed by atoms with Crippen LogP contribution >= 0.6 is 0 Å². The van der Waals surface area contributed by atoms with E-state index in [4.69, 9.17) is 39.4 Å². The highest BCUT2D eigenvalue weighted by molar-refractivity contribution is 7.87. The minimum Gasteiger partial charge on any atom is -0.493 e. The lowest BCUT2D eigenvalue weighted by molar-refractivity contribution is 0.314. The van der Waals surface area contributed by atoms with Gasteiger partial charge in [-0.15, -0.1) is 10.2 Å². The van der Waals surface area contributed by atoms with Crippen LogP contribution in [0.3, 0.4) is 0 Å². The molecule has 1 aliphatic rings. The average molecular weight is 2010 g/mol. The molecular formula is C94H86N26O17S5. The first-order valence-corrected chi connectivity index (χ1v) is 50.6. The summed E-state index contributed by atoms with van der Waals surface area (Å²) in [5, 5.41) is 75.5. The van der Waals surface area contributed by atoms with Gasteiger partial charge in [0.2, 0.25) is 23.8 Å². The molecule has 14 aromatic rings. The average Bonchev–Trinajstić information content (AvgIpc) is 0.796. The lowest BCUT2D eigenvalue weighted by atomic mass is 10.0. The van der Waals surface area contributed by atoms with Crippen LogP contribution in [0.1, 0.15) is 64.8 Å². The van der Waals surface area contributed by atoms with Crippen LogP contribution in [0.25, 0.3) is 0 Å². The van der Waals surface area contributed by atoms with Crippen molar-refractivity contribution in [1.82, 2.24) is 29.9 Å². The lowest BCUT2D eigenvalue weighted by Gasteiger charge is -2.35. The maximum absolute atomic E-state index is 12.9. The fourth-order valence-electron chi connectivity index (χ4n) is 13.8. The van der Waals surface area contributed by atoms with E-state index in [9.17, 15) is 64.9 Å². The Kier molecular flexibility index (Phi) is 31.6. The Balaban J connectivity index is 0.737. The van der Waals surface area contributed by atoms with E-state index in [-0.39, 0.29) is 120 Å². The third-order valence-electron chi connectivity index (χ3n) is 20.9. The van der Waals surface area contributed by atoms with Gasteiger partial charge < -0.3 is 29.9 Å². The lowest BCUT2D eigenvalue weighted by Crippen LogP contribution is -2.48. The summed E-state index contributed by atoms with van der Waals surface area (Å²) in [7, 11) is -22.9. The Morgan fingerprint density at radius 1 is 0.324 bits per heavy atom. The molecule has 12 aromatic carbocycles. The summed E-state index contributed by atoms with van der Waals surface area (Å²) < 4.78 is 184. The van der Waals surface area contributed by atoms with E-state index in [2.05, 4.69) is 92.5 Å². The predicted molar refractivity (Wildman–Crippen MR) is 527 cm³/mol. The summed E-state index contributed by atoms with van der Waals surface area (Å²) in [6, 6.07) is 66.6. The van der Waals surface area contributed by atoms with Crippen LogP contribution in [-0.2, 0) is 63.4 Å². The summed E-state index contributed by atoms with van der Waals surface area (Å²) >= 11 is 0. The largest absolute Gasteiger partial charge is 0.493 e. The summed E-state index contributed by atoms with van der Waals surface area (Å²) in [5.41, 5.74) is 9.59. The molecule has 724 valence electrons. The van der Waals surface area contributed by atoms with Crippen LogP contribution in [-0.4, -0.2) is 140 Å². The van der Waals surface area contributed by atoms with Crippen LogP contribution in [0.15, 0.2) is 356 Å². The second kappa shape index (κ2) is 44.7. The van der Waals surface area contributed by atoms with Crippen molar-refractivity contribution in [2.24, 2.45) is 81.8 Å². The predicted octanol–water partition coefficient (Wildman–Crippen LogP) is 24.0. The summed E-state index contributed by atoms with van der Waals surface area (Å²) in [4.78, 5) is 32.5. The molecule has 0 atom stereocenters. The van der Waals surface area contributed by atoms with E-state index in [0.717, 1.165) is 23.3 Å². The zero-order valence-corrected chi connectivity index (χ0v) is 80.0. The standard InChI is InChI=1S/C94H86N26O17S5/c1-6-46-136-85-57-82(118-116-81-41-33-75(56-88(81)142(133,134)135)112-104-66-16-11-8-12-17-66)60(3)50-64(85)54-90-97-89(53-63-18-38-78(59(2)49-63)113-109-69-23-19-67(20-24-69)105-107-71-27-34-76(35-28-71)139(124,125)126)98-93(99-90)119-42-44-120(45-43-119)94-101-91(95-73-31-39-79(61(4)51-73)114-115-80-40-32-74(55-87(80)141(130,131)132)111-103-65-14-9-7-10-15-65)100-92(102-94)96-84-52-62(5)83(58-86(84)137-47-13-48-138(121,122)123)117-110-70-25-21-68(22-26-70)106-108-72-29-36-77(37-30-72)140(127,128)129/h7-12,14-41,49-52,55-58H,6,13,42-48,53-54H2,1-5H3,(H,121,122,123)(H,124,125,126)(H,127,128,129)(H,130,131,132)(H,133,134,135)(H2,95,96,100,101,102). The van der Waals surface area contributed by atoms with Crippen LogP contribution < -0.4 is 29.9 Å². The van der Waals surface area contributed by atoms with E-state index in [0.29, 0.717) is 126 Å². The van der Waals surface area contributed by atoms with Gasteiger partial charge in [0.1, 0.15) is 44.3 Å². The van der Waals surface area contributed by atoms with Crippen LogP contribution in [0.4, 0.5) is 126 Å². The number of aromatic nitrogens is 6. The molecule has 0 bridgehead atoms. The molecule has 142 heavy (non-hydrogen) atoms. The fraction of sp³-hybridized carbons (Fsp3) is 0.170. The van der Waals surface area contributed by atoms with Crippen molar-refractivity contribution in [1.29, 1.82) is 0 Å². The first-order chi connectivity index (χ1) is 68.0. The van der Waals surface area contributed by atoms with Gasteiger partial charge in [-0.3, -0.25) is 22.8 Å². The van der Waals surface area contributed by atoms with Crippen molar-refractivity contribution >= 4 is 177 Å². The number of piperazine rings is 1. The Morgan fingerprint density at radius 2 is 0.690 bits per heavy atom. The monoisotopic (exact) mass is 2010 g/mol. The van der Waals surface area contributed by atoms with Crippen molar-refractivity contribution in [2.45, 2.75) is 79.9 Å². The second-order valence-electron chi connectivity index (χ2n) is 31.7. The smallest absolute Gasteiger partial charge is 0.296 e. The molecule has 3 heterocycles. The molecule has 1 fully saturated rings. The Morgan fingerprint density at radius 3 is 1.15 bits per heavy atom. The van der Waals surface area contributed by atoms with E-state index < -0.39 is 66.1 Å². The molecule has 0 saturated carbocycles.